The average Bonchev–Trinajstić information content (AvgIpc) is 2.16. The van der Waals surface area contributed by atoms with Crippen LogP contribution in [0.15, 0.2) is 24.3 Å². The Hall–Kier alpha value is -1.42. The molecule has 0 heterocycles. The second kappa shape index (κ2) is 5.61. The van der Waals surface area contributed by atoms with Crippen molar-refractivity contribution in [1.29, 1.82) is 0 Å². The molecule has 0 aliphatic carbocycles. The third-order valence-electron chi connectivity index (χ3n) is 2.26. The van der Waals surface area contributed by atoms with E-state index in [0.29, 0.717) is 18.0 Å². The number of nitrogens with two attached hydrogens (primary N) is 1. The smallest absolute Gasteiger partial charge is 0.227 e. The van der Waals surface area contributed by atoms with Crippen molar-refractivity contribution < 1.29 is 4.79 Å². The highest BCUT2D eigenvalue weighted by atomic mass is 32.1. The van der Waals surface area contributed by atoms with Crippen LogP contribution in [0.5, 0.6) is 0 Å². The molecule has 16 heavy (non-hydrogen) atoms. The molecule has 1 rings (SSSR count). The van der Waals surface area contributed by atoms with E-state index in [9.17, 15) is 4.79 Å². The molecule has 0 atom stereocenters. The first-order valence-electron chi connectivity index (χ1n) is 5.07. The first-order chi connectivity index (χ1) is 7.49. The quantitative estimate of drug-likeness (QED) is 0.801. The van der Waals surface area contributed by atoms with Crippen LogP contribution in [0.3, 0.4) is 0 Å². The second-order valence-electron chi connectivity index (χ2n) is 3.88. The number of hydrogen-bond acceptors (Lipinski definition) is 2. The Labute approximate surface area is 101 Å². The molecule has 0 saturated carbocycles. The van der Waals surface area contributed by atoms with E-state index in [1.807, 2.05) is 31.2 Å². The molecular formula is C12H16N2OS. The number of likely N-dealkylation sites (N-methyl/N-ethyl adjacent to an activating group) is 1. The van der Waals surface area contributed by atoms with Crippen molar-refractivity contribution in [2.75, 3.05) is 13.6 Å². The molecule has 0 radical (unpaired) electrons. The van der Waals surface area contributed by atoms with Gasteiger partial charge in [-0.1, -0.05) is 42.0 Å². The van der Waals surface area contributed by atoms with Crippen molar-refractivity contribution >= 4 is 23.1 Å². The molecule has 2 N–H and O–H groups in total. The lowest BCUT2D eigenvalue weighted by molar-refractivity contribution is -0.128. The fraction of sp³-hybridized carbons (Fsp3) is 0.333. The molecule has 0 spiro atoms. The third-order valence-corrected chi connectivity index (χ3v) is 2.39. The summed E-state index contributed by atoms with van der Waals surface area (Å²) in [6.45, 7) is 2.34. The summed E-state index contributed by atoms with van der Waals surface area (Å²) in [5, 5.41) is 0. The molecular weight excluding hydrogens is 220 g/mol. The molecule has 0 unspecified atom stereocenters. The van der Waals surface area contributed by atoms with Gasteiger partial charge in [0.25, 0.3) is 0 Å². The van der Waals surface area contributed by atoms with Gasteiger partial charge in [-0.3, -0.25) is 4.79 Å². The Morgan fingerprint density at radius 3 is 2.75 bits per heavy atom. The molecule has 0 aliphatic heterocycles. The van der Waals surface area contributed by atoms with Gasteiger partial charge in [0, 0.05) is 7.05 Å². The number of thiocarbonyl (C=S) groups is 1. The highest BCUT2D eigenvalue weighted by molar-refractivity contribution is 7.80. The van der Waals surface area contributed by atoms with E-state index < -0.39 is 0 Å². The fourth-order valence-electron chi connectivity index (χ4n) is 1.45. The van der Waals surface area contributed by atoms with Gasteiger partial charge in [-0.05, 0) is 12.5 Å². The lowest BCUT2D eigenvalue weighted by Gasteiger charge is -2.16. The van der Waals surface area contributed by atoms with Crippen LogP contribution in [-0.2, 0) is 11.2 Å². The van der Waals surface area contributed by atoms with Gasteiger partial charge in [-0.15, -0.1) is 0 Å². The second-order valence-corrected chi connectivity index (χ2v) is 4.41. The van der Waals surface area contributed by atoms with Crippen LogP contribution in [-0.4, -0.2) is 29.4 Å². The summed E-state index contributed by atoms with van der Waals surface area (Å²) >= 11 is 4.76. The maximum absolute atomic E-state index is 11.8. The molecule has 86 valence electrons. The predicted molar refractivity (Wildman–Crippen MR) is 69.3 cm³/mol. The summed E-state index contributed by atoms with van der Waals surface area (Å²) in [5.41, 5.74) is 7.55. The summed E-state index contributed by atoms with van der Waals surface area (Å²) in [6, 6.07) is 7.91. The number of rotatable bonds is 4. The minimum absolute atomic E-state index is 0.0263. The number of benzene rings is 1. The van der Waals surface area contributed by atoms with Gasteiger partial charge in [0.1, 0.15) is 0 Å². The fourth-order valence-corrected chi connectivity index (χ4v) is 1.65. The van der Waals surface area contributed by atoms with Crippen molar-refractivity contribution in [1.82, 2.24) is 4.90 Å². The third kappa shape index (κ3) is 3.98. The Morgan fingerprint density at radius 2 is 2.19 bits per heavy atom. The molecule has 0 aliphatic rings. The van der Waals surface area contributed by atoms with Crippen molar-refractivity contribution in [3.05, 3.63) is 35.4 Å². The Bertz CT molecular complexity index is 404. The van der Waals surface area contributed by atoms with Crippen LogP contribution >= 0.6 is 12.2 Å². The van der Waals surface area contributed by atoms with Gasteiger partial charge >= 0.3 is 0 Å². The summed E-state index contributed by atoms with van der Waals surface area (Å²) in [5.74, 6) is 0.0263. The molecule has 0 aromatic heterocycles. The van der Waals surface area contributed by atoms with E-state index >= 15 is 0 Å². The van der Waals surface area contributed by atoms with E-state index in [1.54, 1.807) is 11.9 Å². The monoisotopic (exact) mass is 236 g/mol. The number of amides is 1. The van der Waals surface area contributed by atoms with Gasteiger partial charge in [-0.25, -0.2) is 0 Å². The molecule has 1 aromatic rings. The number of carbonyl (C=O) groups is 1. The number of carbonyl (C=O) groups excluding carboxylic acids is 1. The van der Waals surface area contributed by atoms with Crippen molar-refractivity contribution in [2.45, 2.75) is 13.3 Å². The van der Waals surface area contributed by atoms with Crippen LogP contribution in [0.2, 0.25) is 0 Å². The van der Waals surface area contributed by atoms with Crippen LogP contribution in [0.25, 0.3) is 0 Å². The van der Waals surface area contributed by atoms with E-state index in [1.165, 1.54) is 0 Å². The van der Waals surface area contributed by atoms with Gasteiger partial charge in [-0.2, -0.15) is 0 Å². The largest absolute Gasteiger partial charge is 0.392 e. The normalized spacial score (nSPS) is 9.88. The summed E-state index contributed by atoms with van der Waals surface area (Å²) in [6.07, 6.45) is 0.390. The SMILES string of the molecule is Cc1cccc(CC(=O)N(C)CC(N)=S)c1. The van der Waals surface area contributed by atoms with Gasteiger partial charge in [0.15, 0.2) is 0 Å². The maximum Gasteiger partial charge on any atom is 0.227 e. The zero-order valence-corrected chi connectivity index (χ0v) is 10.4. The van der Waals surface area contributed by atoms with Crippen molar-refractivity contribution in [2.24, 2.45) is 5.73 Å². The summed E-state index contributed by atoms with van der Waals surface area (Å²) in [7, 11) is 1.71. The zero-order chi connectivity index (χ0) is 12.1. The van der Waals surface area contributed by atoms with E-state index in [0.717, 1.165) is 11.1 Å². The molecule has 4 heteroatoms. The first-order valence-corrected chi connectivity index (χ1v) is 5.47. The maximum atomic E-state index is 11.8. The Kier molecular flexibility index (Phi) is 4.43. The summed E-state index contributed by atoms with van der Waals surface area (Å²) < 4.78 is 0. The van der Waals surface area contributed by atoms with Crippen LogP contribution in [0, 0.1) is 6.92 Å². The predicted octanol–water partition coefficient (Wildman–Crippen LogP) is 1.28. The standard InChI is InChI=1S/C12H16N2OS/c1-9-4-3-5-10(6-9)7-12(15)14(2)8-11(13)16/h3-6H,7-8H2,1-2H3,(H2,13,16). The average molecular weight is 236 g/mol. The molecule has 0 bridgehead atoms. The first kappa shape index (κ1) is 12.6. The zero-order valence-electron chi connectivity index (χ0n) is 9.56. The van der Waals surface area contributed by atoms with E-state index in [4.69, 9.17) is 18.0 Å². The topological polar surface area (TPSA) is 46.3 Å². The minimum atomic E-state index is 0.0263. The molecule has 0 saturated heterocycles. The Balaban J connectivity index is 2.60. The highest BCUT2D eigenvalue weighted by Gasteiger charge is 2.10. The minimum Gasteiger partial charge on any atom is -0.392 e. The Morgan fingerprint density at radius 1 is 1.50 bits per heavy atom. The molecule has 1 amide bonds. The van der Waals surface area contributed by atoms with Gasteiger partial charge in [0.2, 0.25) is 5.91 Å². The van der Waals surface area contributed by atoms with Crippen LogP contribution in [0.4, 0.5) is 0 Å². The van der Waals surface area contributed by atoms with Crippen molar-refractivity contribution in [3.63, 3.8) is 0 Å². The number of nitrogens with zero attached hydrogens (tertiary/aromatic N) is 1. The lowest BCUT2D eigenvalue weighted by atomic mass is 10.1. The molecule has 1 aromatic carbocycles. The van der Waals surface area contributed by atoms with E-state index in [2.05, 4.69) is 0 Å². The number of hydrogen-bond donors (Lipinski definition) is 1. The highest BCUT2D eigenvalue weighted by Crippen LogP contribution is 2.05. The van der Waals surface area contributed by atoms with Gasteiger partial charge in [0.05, 0.1) is 18.0 Å². The van der Waals surface area contributed by atoms with Gasteiger partial charge < -0.3 is 10.6 Å². The lowest BCUT2D eigenvalue weighted by Crippen LogP contribution is -2.35. The molecule has 0 fully saturated rings. The molecule has 3 nitrogen and oxygen atoms in total. The van der Waals surface area contributed by atoms with E-state index in [-0.39, 0.29) is 5.91 Å². The van der Waals surface area contributed by atoms with Crippen LogP contribution < -0.4 is 5.73 Å². The van der Waals surface area contributed by atoms with Crippen molar-refractivity contribution in [3.8, 4) is 0 Å². The van der Waals surface area contributed by atoms with Crippen LogP contribution in [0.1, 0.15) is 11.1 Å². The summed E-state index contributed by atoms with van der Waals surface area (Å²) in [4.78, 5) is 13.6. The number of aryl methyl sites for hydroxylation is 1.